The van der Waals surface area contributed by atoms with Gasteiger partial charge in [0.1, 0.15) is 0 Å². The maximum absolute atomic E-state index is 12.9. The molecule has 0 aliphatic heterocycles. The summed E-state index contributed by atoms with van der Waals surface area (Å²) in [5.41, 5.74) is 0.237. The summed E-state index contributed by atoms with van der Waals surface area (Å²) in [5, 5.41) is 3.56. The first-order chi connectivity index (χ1) is 9.95. The topological polar surface area (TPSA) is 21.3 Å². The Balaban J connectivity index is 1.55. The Hall–Kier alpha value is -0.290. The lowest BCUT2D eigenvalue weighted by Crippen LogP contribution is -2.68. The summed E-state index contributed by atoms with van der Waals surface area (Å²) in [4.78, 5) is 0. The molecule has 1 N–H and O–H groups in total. The molecule has 3 aliphatic carbocycles. The molecule has 122 valence electrons. The van der Waals surface area contributed by atoms with E-state index in [9.17, 15) is 13.2 Å². The van der Waals surface area contributed by atoms with Gasteiger partial charge in [0.2, 0.25) is 0 Å². The van der Waals surface area contributed by atoms with Crippen molar-refractivity contribution >= 4 is 0 Å². The fraction of sp³-hybridized carbons (Fsp3) is 1.00. The van der Waals surface area contributed by atoms with Crippen LogP contribution in [0.4, 0.5) is 13.2 Å². The zero-order chi connectivity index (χ0) is 15.1. The Bertz CT molecular complexity index is 367. The number of alkyl halides is 3. The molecule has 1 spiro atoms. The van der Waals surface area contributed by atoms with Crippen molar-refractivity contribution in [3.05, 3.63) is 0 Å². The summed E-state index contributed by atoms with van der Waals surface area (Å²) in [5.74, 6) is -1.11. The van der Waals surface area contributed by atoms with E-state index in [1.165, 1.54) is 19.3 Å². The van der Waals surface area contributed by atoms with Crippen molar-refractivity contribution in [3.63, 3.8) is 0 Å². The largest absolute Gasteiger partial charge is 0.391 e. The molecular formula is C16H26F3NO. The zero-order valence-corrected chi connectivity index (χ0v) is 12.7. The van der Waals surface area contributed by atoms with E-state index >= 15 is 0 Å². The average molecular weight is 305 g/mol. The summed E-state index contributed by atoms with van der Waals surface area (Å²) in [6.07, 6.45) is 3.00. The second kappa shape index (κ2) is 5.73. The van der Waals surface area contributed by atoms with Crippen molar-refractivity contribution in [2.75, 3.05) is 6.61 Å². The third-order valence-electron chi connectivity index (χ3n) is 6.01. The molecule has 3 aliphatic rings. The molecule has 0 aromatic rings. The molecule has 3 fully saturated rings. The maximum atomic E-state index is 12.9. The molecule has 0 heterocycles. The standard InChI is InChI=1S/C16H26F3NO/c1-2-21-14-10-13(15(14)7-4-8-15)20-12-6-3-5-11(9-12)16(17,18)19/h11-14,20H,2-10H2,1H3. The molecule has 0 aromatic heterocycles. The van der Waals surface area contributed by atoms with Gasteiger partial charge < -0.3 is 10.1 Å². The fourth-order valence-corrected chi connectivity index (χ4v) is 4.60. The van der Waals surface area contributed by atoms with E-state index in [1.54, 1.807) is 0 Å². The van der Waals surface area contributed by atoms with Gasteiger partial charge in [0.15, 0.2) is 0 Å². The van der Waals surface area contributed by atoms with E-state index < -0.39 is 12.1 Å². The highest BCUT2D eigenvalue weighted by atomic mass is 19.4. The van der Waals surface area contributed by atoms with Gasteiger partial charge in [-0.05, 0) is 45.4 Å². The predicted octanol–water partition coefficient (Wildman–Crippen LogP) is 4.04. The van der Waals surface area contributed by atoms with E-state index in [2.05, 4.69) is 5.32 Å². The Morgan fingerprint density at radius 2 is 1.90 bits per heavy atom. The number of nitrogens with one attached hydrogen (secondary N) is 1. The number of hydrogen-bond acceptors (Lipinski definition) is 2. The van der Waals surface area contributed by atoms with Crippen molar-refractivity contribution in [3.8, 4) is 0 Å². The summed E-state index contributed by atoms with van der Waals surface area (Å²) in [7, 11) is 0. The number of halogens is 3. The maximum Gasteiger partial charge on any atom is 0.391 e. The van der Waals surface area contributed by atoms with Crippen molar-refractivity contribution in [1.82, 2.24) is 5.32 Å². The van der Waals surface area contributed by atoms with E-state index in [1.807, 2.05) is 6.92 Å². The first-order valence-electron chi connectivity index (χ1n) is 8.40. The van der Waals surface area contributed by atoms with Crippen molar-refractivity contribution < 1.29 is 17.9 Å². The summed E-state index contributed by atoms with van der Waals surface area (Å²) in [6, 6.07) is 0.412. The molecule has 0 saturated heterocycles. The Morgan fingerprint density at radius 1 is 1.14 bits per heavy atom. The number of hydrogen-bond donors (Lipinski definition) is 1. The lowest BCUT2D eigenvalue weighted by atomic mass is 9.50. The third kappa shape index (κ3) is 2.83. The van der Waals surface area contributed by atoms with E-state index in [4.69, 9.17) is 4.74 Å². The van der Waals surface area contributed by atoms with Crippen LogP contribution in [0.1, 0.15) is 58.3 Å². The van der Waals surface area contributed by atoms with Crippen LogP contribution in [-0.2, 0) is 4.74 Å². The summed E-state index contributed by atoms with van der Waals surface area (Å²) < 4.78 is 44.5. The van der Waals surface area contributed by atoms with Gasteiger partial charge >= 0.3 is 6.18 Å². The minimum Gasteiger partial charge on any atom is -0.378 e. The lowest BCUT2D eigenvalue weighted by molar-refractivity contribution is -0.191. The van der Waals surface area contributed by atoms with Gasteiger partial charge in [-0.15, -0.1) is 0 Å². The molecular weight excluding hydrogens is 279 g/mol. The minimum absolute atomic E-state index is 0.0374. The second-order valence-electron chi connectivity index (χ2n) is 7.09. The Morgan fingerprint density at radius 3 is 2.48 bits per heavy atom. The molecule has 4 unspecified atom stereocenters. The van der Waals surface area contributed by atoms with Gasteiger partial charge in [0, 0.05) is 24.1 Å². The monoisotopic (exact) mass is 305 g/mol. The van der Waals surface area contributed by atoms with Crippen LogP contribution in [0.15, 0.2) is 0 Å². The van der Waals surface area contributed by atoms with Crippen molar-refractivity contribution in [1.29, 1.82) is 0 Å². The first-order valence-corrected chi connectivity index (χ1v) is 8.40. The van der Waals surface area contributed by atoms with Crippen LogP contribution in [0.5, 0.6) is 0 Å². The second-order valence-corrected chi connectivity index (χ2v) is 7.09. The third-order valence-corrected chi connectivity index (χ3v) is 6.01. The Labute approximate surface area is 124 Å². The molecule has 3 saturated carbocycles. The van der Waals surface area contributed by atoms with Crippen LogP contribution in [-0.4, -0.2) is 31.0 Å². The molecule has 2 nitrogen and oxygen atoms in total. The normalized spacial score (nSPS) is 38.9. The molecule has 4 atom stereocenters. The van der Waals surface area contributed by atoms with Gasteiger partial charge in [-0.1, -0.05) is 12.8 Å². The van der Waals surface area contributed by atoms with Crippen molar-refractivity contribution in [2.45, 2.75) is 82.7 Å². The average Bonchev–Trinajstić information content (AvgIpc) is 2.35. The molecule has 3 rings (SSSR count). The highest BCUT2D eigenvalue weighted by Gasteiger charge is 2.59. The van der Waals surface area contributed by atoms with E-state index in [0.29, 0.717) is 25.0 Å². The molecule has 0 radical (unpaired) electrons. The van der Waals surface area contributed by atoms with Crippen LogP contribution in [0, 0.1) is 11.3 Å². The van der Waals surface area contributed by atoms with Crippen LogP contribution < -0.4 is 5.32 Å². The lowest BCUT2D eigenvalue weighted by Gasteiger charge is -2.62. The quantitative estimate of drug-likeness (QED) is 0.846. The number of rotatable bonds is 4. The van der Waals surface area contributed by atoms with Gasteiger partial charge in [-0.3, -0.25) is 0 Å². The smallest absolute Gasteiger partial charge is 0.378 e. The highest BCUT2D eigenvalue weighted by Crippen LogP contribution is 2.57. The van der Waals surface area contributed by atoms with Gasteiger partial charge in [-0.25, -0.2) is 0 Å². The van der Waals surface area contributed by atoms with Crippen molar-refractivity contribution in [2.24, 2.45) is 11.3 Å². The summed E-state index contributed by atoms with van der Waals surface area (Å²) >= 11 is 0. The first kappa shape index (κ1) is 15.6. The minimum atomic E-state index is -4.03. The van der Waals surface area contributed by atoms with Gasteiger partial charge in [-0.2, -0.15) is 13.2 Å². The van der Waals surface area contributed by atoms with Crippen LogP contribution >= 0.6 is 0 Å². The molecule has 0 aromatic carbocycles. The molecule has 5 heteroatoms. The predicted molar refractivity (Wildman–Crippen MR) is 75.0 cm³/mol. The van der Waals surface area contributed by atoms with Gasteiger partial charge in [0.05, 0.1) is 12.0 Å². The highest BCUT2D eigenvalue weighted by molar-refractivity contribution is 5.12. The zero-order valence-electron chi connectivity index (χ0n) is 12.7. The van der Waals surface area contributed by atoms with Gasteiger partial charge in [0.25, 0.3) is 0 Å². The fourth-order valence-electron chi connectivity index (χ4n) is 4.60. The summed E-state index contributed by atoms with van der Waals surface area (Å²) in [6.45, 7) is 2.75. The van der Waals surface area contributed by atoms with Crippen LogP contribution in [0.2, 0.25) is 0 Å². The van der Waals surface area contributed by atoms with Crippen LogP contribution in [0.25, 0.3) is 0 Å². The molecule has 0 amide bonds. The SMILES string of the molecule is CCOC1CC(NC2CCCC(C(F)(F)F)C2)C12CCC2. The number of ether oxygens (including phenoxy) is 1. The van der Waals surface area contributed by atoms with E-state index in [0.717, 1.165) is 19.4 Å². The molecule has 21 heavy (non-hydrogen) atoms. The van der Waals surface area contributed by atoms with Crippen LogP contribution in [0.3, 0.4) is 0 Å². The molecule has 0 bridgehead atoms. The Kier molecular flexibility index (Phi) is 4.25. The van der Waals surface area contributed by atoms with E-state index in [-0.39, 0.29) is 17.9 Å².